The van der Waals surface area contributed by atoms with Crippen molar-refractivity contribution >= 4 is 5.91 Å². The molecule has 4 rings (SSSR count). The fourth-order valence-corrected chi connectivity index (χ4v) is 5.62. The molecule has 2 aromatic carbocycles. The molecule has 1 saturated carbocycles. The lowest BCUT2D eigenvalue weighted by Gasteiger charge is -2.46. The van der Waals surface area contributed by atoms with Gasteiger partial charge in [0.15, 0.2) is 0 Å². The van der Waals surface area contributed by atoms with Crippen LogP contribution < -0.4 is 5.32 Å². The zero-order valence-electron chi connectivity index (χ0n) is 21.5. The van der Waals surface area contributed by atoms with Crippen molar-refractivity contribution in [1.29, 1.82) is 0 Å². The second kappa shape index (κ2) is 10.9. The van der Waals surface area contributed by atoms with Crippen LogP contribution in [0.3, 0.4) is 0 Å². The van der Waals surface area contributed by atoms with E-state index in [-0.39, 0.29) is 11.6 Å². The van der Waals surface area contributed by atoms with Crippen LogP contribution >= 0.6 is 0 Å². The van der Waals surface area contributed by atoms with E-state index >= 15 is 0 Å². The molecule has 38 heavy (non-hydrogen) atoms. The van der Waals surface area contributed by atoms with Crippen LogP contribution in [0.2, 0.25) is 0 Å². The van der Waals surface area contributed by atoms with Crippen LogP contribution in [0.15, 0.2) is 48.5 Å². The number of alkyl halides is 6. The predicted octanol–water partition coefficient (Wildman–Crippen LogP) is 6.03. The van der Waals surface area contributed by atoms with Crippen molar-refractivity contribution in [3.63, 3.8) is 0 Å². The number of nitrogens with one attached hydrogen (secondary N) is 1. The second-order valence-electron chi connectivity index (χ2n) is 10.6. The van der Waals surface area contributed by atoms with E-state index in [1.165, 1.54) is 6.92 Å². The van der Waals surface area contributed by atoms with Crippen LogP contribution in [-0.4, -0.2) is 55.0 Å². The molecule has 0 spiro atoms. The maximum absolute atomic E-state index is 13.4. The second-order valence-corrected chi connectivity index (χ2v) is 10.6. The smallest absolute Gasteiger partial charge is 0.346 e. The number of nitrogens with zero attached hydrogens (tertiary/aromatic N) is 2. The molecule has 2 aromatic rings. The summed E-state index contributed by atoms with van der Waals surface area (Å²) in [6, 6.07) is 11.1. The van der Waals surface area contributed by atoms with Gasteiger partial charge in [-0.15, -0.1) is 0 Å². The minimum absolute atomic E-state index is 0.0826. The number of carbonyl (C=O) groups is 1. The summed E-state index contributed by atoms with van der Waals surface area (Å²) < 4.78 is 80.4. The van der Waals surface area contributed by atoms with Gasteiger partial charge in [-0.25, -0.2) is 0 Å². The minimum Gasteiger partial charge on any atom is -0.346 e. The van der Waals surface area contributed by atoms with Crippen LogP contribution in [0.4, 0.5) is 26.3 Å². The monoisotopic (exact) mass is 541 g/mol. The average molecular weight is 542 g/mol. The molecule has 1 aliphatic carbocycles. The summed E-state index contributed by atoms with van der Waals surface area (Å²) >= 11 is 0. The molecular formula is C28H33F6N3O. The lowest BCUT2D eigenvalue weighted by Crippen LogP contribution is -2.54. The van der Waals surface area contributed by atoms with Gasteiger partial charge in [0, 0.05) is 32.2 Å². The molecule has 1 saturated heterocycles. The van der Waals surface area contributed by atoms with Gasteiger partial charge >= 0.3 is 12.4 Å². The summed E-state index contributed by atoms with van der Waals surface area (Å²) in [5.74, 6) is -1.81. The van der Waals surface area contributed by atoms with Gasteiger partial charge in [-0.1, -0.05) is 30.3 Å². The zero-order valence-corrected chi connectivity index (χ0v) is 21.5. The number of piperazine rings is 1. The molecule has 1 aliphatic heterocycles. The summed E-state index contributed by atoms with van der Waals surface area (Å²) in [5.41, 5.74) is -3.03. The van der Waals surface area contributed by atoms with Gasteiger partial charge in [-0.3, -0.25) is 9.69 Å². The first-order valence-electron chi connectivity index (χ1n) is 12.9. The third kappa shape index (κ3) is 6.34. The third-order valence-electron chi connectivity index (χ3n) is 8.06. The molecule has 2 fully saturated rings. The van der Waals surface area contributed by atoms with Gasteiger partial charge in [-0.05, 0) is 69.0 Å². The molecule has 0 bridgehead atoms. The standard InChI is InChI=1S/C28H33F6N3O/c1-19(20-16-22(27(29,30)31)18-23(17-20)28(32,33)34)25(38)35-26(21-6-4-3-5-7-21)10-8-24(9-11-26)37-14-12-36(2)13-15-37/h3-7,16-19,24H,8-15H2,1-2H3,(H,35,38)/t19-,24?,26?/m0/s1. The predicted molar refractivity (Wildman–Crippen MR) is 132 cm³/mol. The van der Waals surface area contributed by atoms with Crippen LogP contribution in [-0.2, 0) is 22.7 Å². The van der Waals surface area contributed by atoms with Gasteiger partial charge in [0.05, 0.1) is 22.6 Å². The lowest BCUT2D eigenvalue weighted by molar-refractivity contribution is -0.143. The Morgan fingerprint density at radius 1 is 0.895 bits per heavy atom. The SMILES string of the molecule is C[C@H](C(=O)NC1(c2ccccc2)CCC(N2CCN(C)CC2)CC1)c1cc(C(F)(F)F)cc(C(F)(F)F)c1. The molecule has 0 aromatic heterocycles. The molecule has 10 heteroatoms. The van der Waals surface area contributed by atoms with Gasteiger partial charge in [-0.2, -0.15) is 26.3 Å². The zero-order chi connectivity index (χ0) is 27.7. The molecule has 1 atom stereocenters. The van der Waals surface area contributed by atoms with E-state index in [0.29, 0.717) is 31.0 Å². The first-order chi connectivity index (χ1) is 17.8. The molecule has 0 radical (unpaired) electrons. The molecule has 208 valence electrons. The Hall–Kier alpha value is -2.59. The fourth-order valence-electron chi connectivity index (χ4n) is 5.62. The highest BCUT2D eigenvalue weighted by Gasteiger charge is 2.42. The van der Waals surface area contributed by atoms with Crippen molar-refractivity contribution in [2.24, 2.45) is 0 Å². The molecule has 1 N–H and O–H groups in total. The fraction of sp³-hybridized carbons (Fsp3) is 0.536. The van der Waals surface area contributed by atoms with Gasteiger partial charge < -0.3 is 10.2 Å². The Labute approximate surface area is 219 Å². The van der Waals surface area contributed by atoms with E-state index in [4.69, 9.17) is 0 Å². The minimum atomic E-state index is -4.97. The Morgan fingerprint density at radius 3 is 1.92 bits per heavy atom. The number of hydrogen-bond acceptors (Lipinski definition) is 3. The number of likely N-dealkylation sites (N-methyl/N-ethyl adjacent to an activating group) is 1. The highest BCUT2D eigenvalue weighted by Crippen LogP contribution is 2.41. The Morgan fingerprint density at radius 2 is 1.42 bits per heavy atom. The van der Waals surface area contributed by atoms with Crippen molar-refractivity contribution in [3.05, 3.63) is 70.8 Å². The molecule has 1 heterocycles. The van der Waals surface area contributed by atoms with E-state index < -0.39 is 40.8 Å². The summed E-state index contributed by atoms with van der Waals surface area (Å²) in [7, 11) is 2.09. The van der Waals surface area contributed by atoms with Crippen molar-refractivity contribution in [3.8, 4) is 0 Å². The van der Waals surface area contributed by atoms with E-state index in [0.717, 1.165) is 44.6 Å². The van der Waals surface area contributed by atoms with E-state index in [9.17, 15) is 31.1 Å². The Balaban J connectivity index is 1.58. The van der Waals surface area contributed by atoms with Crippen molar-refractivity contribution in [2.45, 2.75) is 62.5 Å². The van der Waals surface area contributed by atoms with Crippen molar-refractivity contribution in [2.75, 3.05) is 33.2 Å². The molecule has 1 amide bonds. The van der Waals surface area contributed by atoms with E-state index in [2.05, 4.69) is 22.2 Å². The van der Waals surface area contributed by atoms with Crippen LogP contribution in [0.5, 0.6) is 0 Å². The van der Waals surface area contributed by atoms with E-state index in [1.807, 2.05) is 30.3 Å². The maximum Gasteiger partial charge on any atom is 0.416 e. The number of carbonyl (C=O) groups excluding carboxylic acids is 1. The first kappa shape index (κ1) is 28.4. The normalized spacial score (nSPS) is 24.7. The van der Waals surface area contributed by atoms with Crippen LogP contribution in [0, 0.1) is 0 Å². The largest absolute Gasteiger partial charge is 0.416 e. The van der Waals surface area contributed by atoms with Crippen molar-refractivity contribution < 1.29 is 31.1 Å². The summed E-state index contributed by atoms with van der Waals surface area (Å²) in [6.07, 6.45) is -7.03. The highest BCUT2D eigenvalue weighted by molar-refractivity contribution is 5.84. The van der Waals surface area contributed by atoms with Gasteiger partial charge in [0.1, 0.15) is 0 Å². The Bertz CT molecular complexity index is 1070. The van der Waals surface area contributed by atoms with Crippen LogP contribution in [0.25, 0.3) is 0 Å². The number of halogens is 6. The summed E-state index contributed by atoms with van der Waals surface area (Å²) in [6.45, 7) is 5.27. The van der Waals surface area contributed by atoms with Crippen LogP contribution in [0.1, 0.15) is 60.8 Å². The average Bonchev–Trinajstić information content (AvgIpc) is 2.88. The number of rotatable bonds is 5. The number of hydrogen-bond donors (Lipinski definition) is 1. The molecular weight excluding hydrogens is 508 g/mol. The van der Waals surface area contributed by atoms with Crippen molar-refractivity contribution in [1.82, 2.24) is 15.1 Å². The quantitative estimate of drug-likeness (QED) is 0.470. The molecule has 4 nitrogen and oxygen atoms in total. The lowest BCUT2D eigenvalue weighted by atomic mass is 9.74. The molecule has 2 aliphatic rings. The maximum atomic E-state index is 13.4. The third-order valence-corrected chi connectivity index (χ3v) is 8.06. The first-order valence-corrected chi connectivity index (χ1v) is 12.9. The van der Waals surface area contributed by atoms with Gasteiger partial charge in [0.25, 0.3) is 0 Å². The summed E-state index contributed by atoms with van der Waals surface area (Å²) in [4.78, 5) is 18.2. The Kier molecular flexibility index (Phi) is 8.14. The number of benzene rings is 2. The molecule has 0 unspecified atom stereocenters. The highest BCUT2D eigenvalue weighted by atomic mass is 19.4. The topological polar surface area (TPSA) is 35.6 Å². The number of amides is 1. The van der Waals surface area contributed by atoms with E-state index in [1.54, 1.807) is 0 Å². The summed E-state index contributed by atoms with van der Waals surface area (Å²) in [5, 5.41) is 3.07. The van der Waals surface area contributed by atoms with Gasteiger partial charge in [0.2, 0.25) is 5.91 Å².